The summed E-state index contributed by atoms with van der Waals surface area (Å²) in [7, 11) is 0. The first kappa shape index (κ1) is 64.2. The fourth-order valence-corrected chi connectivity index (χ4v) is 11.5. The average Bonchev–Trinajstić information content (AvgIpc) is 1.79. The lowest BCUT2D eigenvalue weighted by Gasteiger charge is -2.36. The van der Waals surface area contributed by atoms with Crippen molar-refractivity contribution in [2.75, 3.05) is 83.4 Å². The number of nitrogens with one attached hydrogen (secondary N) is 5. The molecule has 8 aromatic rings. The predicted octanol–water partition coefficient (Wildman–Crippen LogP) is 9.64. The van der Waals surface area contributed by atoms with Gasteiger partial charge in [-0.2, -0.15) is 0 Å². The minimum atomic E-state index is -0.838. The highest BCUT2D eigenvalue weighted by atomic mass is 35.5. The van der Waals surface area contributed by atoms with Gasteiger partial charge in [0.2, 0.25) is 11.8 Å². The first-order valence-electron chi connectivity index (χ1n) is 30.4. The topological polar surface area (TPSA) is 257 Å². The van der Waals surface area contributed by atoms with Crippen LogP contribution in [-0.2, 0) is 40.3 Å². The van der Waals surface area contributed by atoms with Crippen molar-refractivity contribution in [1.82, 2.24) is 40.0 Å². The molecule has 0 radical (unpaired) electrons. The van der Waals surface area contributed by atoms with Crippen molar-refractivity contribution >= 4 is 99.1 Å². The third kappa shape index (κ3) is 16.3. The van der Waals surface area contributed by atoms with E-state index < -0.39 is 17.7 Å². The molecular weight excluding hydrogens is 1220 g/mol. The van der Waals surface area contributed by atoms with E-state index in [1.54, 1.807) is 144 Å². The molecule has 476 valence electrons. The average molecular weight is 1290 g/mol. The van der Waals surface area contributed by atoms with Crippen LogP contribution in [0, 0.1) is 0 Å². The minimum Gasteiger partial charge on any atom is -0.444 e. The quantitative estimate of drug-likeness (QED) is 0.0679. The molecule has 5 N–H and O–H groups in total. The summed E-state index contributed by atoms with van der Waals surface area (Å²) >= 11 is 12.3. The predicted molar refractivity (Wildman–Crippen MR) is 356 cm³/mol. The Hall–Kier alpha value is -10.3. The molecule has 93 heavy (non-hydrogen) atoms. The van der Waals surface area contributed by atoms with Crippen LogP contribution in [0.25, 0.3) is 0 Å². The van der Waals surface area contributed by atoms with Gasteiger partial charge in [-0.3, -0.25) is 38.7 Å². The zero-order valence-electron chi connectivity index (χ0n) is 51.4. The molecule has 22 nitrogen and oxygen atoms in total. The van der Waals surface area contributed by atoms with E-state index in [1.165, 1.54) is 4.90 Å². The van der Waals surface area contributed by atoms with Crippen molar-refractivity contribution in [3.63, 3.8) is 0 Å². The van der Waals surface area contributed by atoms with Gasteiger partial charge in [0.05, 0.1) is 46.3 Å². The maximum atomic E-state index is 13.9. The molecule has 0 saturated carbocycles. The zero-order valence-corrected chi connectivity index (χ0v) is 52.9. The molecular formula is C69H68Cl2N14O8. The molecule has 0 bridgehead atoms. The van der Waals surface area contributed by atoms with E-state index in [4.69, 9.17) is 27.9 Å². The van der Waals surface area contributed by atoms with Crippen LogP contribution in [0.4, 0.5) is 39.2 Å². The first-order chi connectivity index (χ1) is 44.9. The highest BCUT2D eigenvalue weighted by Gasteiger charge is 2.38. The van der Waals surface area contributed by atoms with Crippen LogP contribution in [0.1, 0.15) is 84.7 Å². The highest BCUT2D eigenvalue weighted by Crippen LogP contribution is 2.32. The van der Waals surface area contributed by atoms with Gasteiger partial charge in [-0.15, -0.1) is 0 Å². The number of pyridine rings is 4. The maximum absolute atomic E-state index is 13.9. The van der Waals surface area contributed by atoms with Gasteiger partial charge in [0, 0.05) is 123 Å². The summed E-state index contributed by atoms with van der Waals surface area (Å²) in [5, 5.41) is 15.6. The Morgan fingerprint density at radius 3 is 1.38 bits per heavy atom. The second kappa shape index (κ2) is 28.9. The van der Waals surface area contributed by atoms with Crippen LogP contribution < -0.4 is 36.4 Å². The molecule has 8 heterocycles. The Bertz CT molecular complexity index is 4020. The van der Waals surface area contributed by atoms with E-state index in [1.807, 2.05) is 57.2 Å². The van der Waals surface area contributed by atoms with Crippen LogP contribution >= 0.6 is 23.2 Å². The third-order valence-electron chi connectivity index (χ3n) is 16.0. The van der Waals surface area contributed by atoms with Crippen molar-refractivity contribution in [1.29, 1.82) is 0 Å². The smallest absolute Gasteiger partial charge is 0.410 e. The van der Waals surface area contributed by atoms with Crippen molar-refractivity contribution in [3.05, 3.63) is 225 Å². The van der Waals surface area contributed by atoms with E-state index in [-0.39, 0.29) is 67.5 Å². The van der Waals surface area contributed by atoms with Crippen molar-refractivity contribution in [2.24, 2.45) is 0 Å². The number of rotatable bonds is 14. The molecule has 0 spiro atoms. The number of anilines is 6. The molecule has 2 fully saturated rings. The second-order valence-corrected chi connectivity index (χ2v) is 24.5. The molecule has 2 atom stereocenters. The summed E-state index contributed by atoms with van der Waals surface area (Å²) in [6.07, 6.45) is 6.91. The normalized spacial score (nSPS) is 16.5. The minimum absolute atomic E-state index is 0.128. The lowest BCUT2D eigenvalue weighted by Crippen LogP contribution is -2.50. The highest BCUT2D eigenvalue weighted by molar-refractivity contribution is 6.31. The van der Waals surface area contributed by atoms with Crippen LogP contribution in [0.5, 0.6) is 0 Å². The van der Waals surface area contributed by atoms with Crippen LogP contribution in [-0.4, -0.2) is 146 Å². The lowest BCUT2D eigenvalue weighted by molar-refractivity contribution is -0.121. The van der Waals surface area contributed by atoms with E-state index in [9.17, 15) is 33.6 Å². The summed E-state index contributed by atoms with van der Waals surface area (Å²) < 4.78 is 5.48. The number of hydrogen-bond acceptors (Lipinski definition) is 15. The number of nitrogens with zero attached hydrogens (tertiary/aromatic N) is 9. The zero-order chi connectivity index (χ0) is 65.2. The van der Waals surface area contributed by atoms with E-state index in [0.717, 1.165) is 48.7 Å². The fraction of sp³-hybridized carbons (Fsp3) is 0.261. The van der Waals surface area contributed by atoms with Gasteiger partial charge in [0.15, 0.2) is 0 Å². The summed E-state index contributed by atoms with van der Waals surface area (Å²) in [4.78, 5) is 120. The number of fused-ring (bicyclic) bond motifs is 2. The van der Waals surface area contributed by atoms with Gasteiger partial charge in [-0.1, -0.05) is 59.6 Å². The number of piperazine rings is 2. The van der Waals surface area contributed by atoms with Gasteiger partial charge < -0.3 is 55.8 Å². The van der Waals surface area contributed by atoms with E-state index in [2.05, 4.69) is 56.3 Å². The molecule has 2 saturated heterocycles. The number of halogens is 2. The SMILES string of the molecule is CC(C)(C)OC(=O)N1CCN(c2ccc(NC(=O)c3ccc(CN4C(=O)c5ccc(Cl)cc5NC(=O)[C@H]4Cc4ccccn4)cc3)nc2)CC1.O=C(Nc1ccc(N2CCNCC2)cn1)c1ccc(CN2C(=O)c3ccc(Cl)cc3NC(=O)[C@H]2Cc2ccccn2)cc1. The Morgan fingerprint density at radius 1 is 0.538 bits per heavy atom. The number of amides is 7. The summed E-state index contributed by atoms with van der Waals surface area (Å²) in [6, 6.07) is 40.1. The second-order valence-electron chi connectivity index (χ2n) is 23.6. The summed E-state index contributed by atoms with van der Waals surface area (Å²) in [5.41, 5.74) is 6.50. The number of ether oxygens (including phenoxy) is 1. The standard InChI is InChI=1S/C37H38ClN7O5.C32H30ClN7O3/c1-37(2,3)50-36(49)44-18-16-43(17-19-44)28-12-14-32(40-22-28)42-33(46)25-9-7-24(8-10-25)23-45-31(21-27-6-4-5-15-39-27)34(47)41-30-20-26(38)11-13-29(30)35(45)48;33-23-8-10-26-27(17-23)37-31(42)28(18-24-3-1-2-12-35-24)40(32(26)43)20-21-4-6-22(7-5-21)30(41)38-29-11-9-25(19-36-29)39-15-13-34-14-16-39/h4-15,20,22,31H,16-19,21,23H2,1-3H3,(H,41,47)(H,40,42,46);1-12,17,19,28,34H,13-16,18,20H2,(H,37,42)(H,36,38,41)/t31-;28-/m11/s1. The molecule has 0 aliphatic carbocycles. The first-order valence-corrected chi connectivity index (χ1v) is 31.2. The summed E-state index contributed by atoms with van der Waals surface area (Å²) in [5.74, 6) is -1.07. The van der Waals surface area contributed by atoms with Crippen molar-refractivity contribution < 1.29 is 38.3 Å². The van der Waals surface area contributed by atoms with Crippen molar-refractivity contribution in [2.45, 2.75) is 64.4 Å². The molecule has 4 aliphatic heterocycles. The molecule has 24 heteroatoms. The Morgan fingerprint density at radius 2 is 0.978 bits per heavy atom. The van der Waals surface area contributed by atoms with Gasteiger partial charge in [-0.05, 0) is 141 Å². The number of benzene rings is 4. The number of carbonyl (C=O) groups is 7. The molecule has 4 aliphatic rings. The Labute approximate surface area is 547 Å². The third-order valence-corrected chi connectivity index (χ3v) is 16.4. The maximum Gasteiger partial charge on any atom is 0.410 e. The van der Waals surface area contributed by atoms with Crippen LogP contribution in [0.2, 0.25) is 10.0 Å². The van der Waals surface area contributed by atoms with Gasteiger partial charge in [0.25, 0.3) is 23.6 Å². The number of hydrogen-bond donors (Lipinski definition) is 5. The van der Waals surface area contributed by atoms with Crippen LogP contribution in [0.15, 0.2) is 170 Å². The molecule has 4 aromatic heterocycles. The van der Waals surface area contributed by atoms with Crippen LogP contribution in [0.3, 0.4) is 0 Å². The largest absolute Gasteiger partial charge is 0.444 e. The number of aromatic nitrogens is 4. The fourth-order valence-electron chi connectivity index (χ4n) is 11.1. The Kier molecular flexibility index (Phi) is 20.0. The van der Waals surface area contributed by atoms with E-state index in [0.29, 0.717) is 92.9 Å². The lowest BCUT2D eigenvalue weighted by atomic mass is 10.0. The molecule has 7 amide bonds. The molecule has 4 aromatic carbocycles. The Balaban J connectivity index is 0.000000192. The summed E-state index contributed by atoms with van der Waals surface area (Å²) in [6.45, 7) is 11.9. The van der Waals surface area contributed by atoms with Gasteiger partial charge >= 0.3 is 6.09 Å². The molecule has 12 rings (SSSR count). The van der Waals surface area contributed by atoms with E-state index >= 15 is 0 Å². The molecule has 0 unspecified atom stereocenters. The van der Waals surface area contributed by atoms with Crippen molar-refractivity contribution in [3.8, 4) is 0 Å². The monoisotopic (exact) mass is 1290 g/mol. The number of carbonyl (C=O) groups excluding carboxylic acids is 7. The van der Waals surface area contributed by atoms with Gasteiger partial charge in [-0.25, -0.2) is 14.8 Å². The van der Waals surface area contributed by atoms with Gasteiger partial charge in [0.1, 0.15) is 29.3 Å².